The lowest BCUT2D eigenvalue weighted by Crippen LogP contribution is -2.44. The van der Waals surface area contributed by atoms with E-state index in [0.717, 1.165) is 22.4 Å². The number of amides is 4. The zero-order valence-electron chi connectivity index (χ0n) is 17.6. The maximum Gasteiger partial charge on any atom is 0.326 e. The van der Waals surface area contributed by atoms with Crippen molar-refractivity contribution < 1.29 is 23.9 Å². The molecule has 29 heavy (non-hydrogen) atoms. The zero-order chi connectivity index (χ0) is 21.8. The first kappa shape index (κ1) is 22.4. The zero-order valence-corrected chi connectivity index (χ0v) is 17.6. The third kappa shape index (κ3) is 5.79. The molecular weight excluding hydrogens is 374 g/mol. The van der Waals surface area contributed by atoms with Gasteiger partial charge in [0.05, 0.1) is 0 Å². The van der Waals surface area contributed by atoms with E-state index >= 15 is 0 Å². The fourth-order valence-corrected chi connectivity index (χ4v) is 3.02. The molecule has 4 amide bonds. The van der Waals surface area contributed by atoms with Gasteiger partial charge in [-0.05, 0) is 56.7 Å². The van der Waals surface area contributed by atoms with Gasteiger partial charge in [-0.25, -0.2) is 4.79 Å². The van der Waals surface area contributed by atoms with Gasteiger partial charge in [-0.2, -0.15) is 0 Å². The van der Waals surface area contributed by atoms with Gasteiger partial charge in [0.1, 0.15) is 12.1 Å². The molecule has 1 fully saturated rings. The van der Waals surface area contributed by atoms with E-state index in [1.165, 1.54) is 0 Å². The fourth-order valence-electron chi connectivity index (χ4n) is 3.02. The summed E-state index contributed by atoms with van der Waals surface area (Å²) in [5, 5.41) is 5.33. The number of benzene rings is 1. The molecule has 0 spiro atoms. The third-order valence-corrected chi connectivity index (χ3v) is 4.89. The predicted molar refractivity (Wildman–Crippen MR) is 108 cm³/mol. The van der Waals surface area contributed by atoms with Crippen molar-refractivity contribution in [2.24, 2.45) is 5.92 Å². The van der Waals surface area contributed by atoms with Crippen molar-refractivity contribution in [2.75, 3.05) is 18.5 Å². The lowest BCUT2D eigenvalue weighted by molar-refractivity contribution is -0.150. The second kappa shape index (κ2) is 9.07. The highest BCUT2D eigenvalue weighted by molar-refractivity contribution is 6.08. The van der Waals surface area contributed by atoms with E-state index in [4.69, 9.17) is 4.74 Å². The molecule has 1 atom stereocenters. The predicted octanol–water partition coefficient (Wildman–Crippen LogP) is 2.53. The quantitative estimate of drug-likeness (QED) is 0.513. The smallest absolute Gasteiger partial charge is 0.326 e. The number of urea groups is 1. The number of carbonyl (C=O) groups is 4. The van der Waals surface area contributed by atoms with Crippen molar-refractivity contribution >= 4 is 29.5 Å². The van der Waals surface area contributed by atoms with Gasteiger partial charge in [0.25, 0.3) is 11.8 Å². The molecule has 0 unspecified atom stereocenters. The molecule has 1 aromatic carbocycles. The second-order valence-corrected chi connectivity index (χ2v) is 8.11. The summed E-state index contributed by atoms with van der Waals surface area (Å²) in [5.41, 5.74) is 1.49. The van der Waals surface area contributed by atoms with Crippen LogP contribution in [0, 0.1) is 19.8 Å². The van der Waals surface area contributed by atoms with Crippen molar-refractivity contribution in [1.29, 1.82) is 0 Å². The molecule has 158 valence electrons. The summed E-state index contributed by atoms with van der Waals surface area (Å²) >= 11 is 0. The second-order valence-electron chi connectivity index (χ2n) is 8.11. The van der Waals surface area contributed by atoms with Crippen LogP contribution >= 0.6 is 0 Å². The van der Waals surface area contributed by atoms with Crippen LogP contribution in [0.1, 0.15) is 44.7 Å². The van der Waals surface area contributed by atoms with Gasteiger partial charge in [0, 0.05) is 5.69 Å². The van der Waals surface area contributed by atoms with Crippen LogP contribution in [0.2, 0.25) is 0 Å². The van der Waals surface area contributed by atoms with Crippen molar-refractivity contribution in [3.63, 3.8) is 0 Å². The van der Waals surface area contributed by atoms with Gasteiger partial charge in [0.2, 0.25) is 0 Å². The maximum absolute atomic E-state index is 12.6. The van der Waals surface area contributed by atoms with Gasteiger partial charge in [-0.3, -0.25) is 19.3 Å². The van der Waals surface area contributed by atoms with E-state index < -0.39 is 42.5 Å². The Morgan fingerprint density at radius 2 is 1.93 bits per heavy atom. The highest BCUT2D eigenvalue weighted by Crippen LogP contribution is 2.24. The summed E-state index contributed by atoms with van der Waals surface area (Å²) in [6.07, 6.45) is 1.25. The number of rotatable bonds is 8. The largest absolute Gasteiger partial charge is 0.454 e. The molecule has 1 heterocycles. The molecule has 1 aliphatic heterocycles. The Hall–Kier alpha value is -2.90. The number of anilines is 1. The first-order chi connectivity index (χ1) is 13.5. The molecule has 8 nitrogen and oxygen atoms in total. The number of hydrogen-bond donors (Lipinski definition) is 2. The first-order valence-electron chi connectivity index (χ1n) is 9.68. The summed E-state index contributed by atoms with van der Waals surface area (Å²) in [4.78, 5) is 49.7. The van der Waals surface area contributed by atoms with Crippen LogP contribution < -0.4 is 10.6 Å². The Morgan fingerprint density at radius 3 is 2.59 bits per heavy atom. The number of carbonyl (C=O) groups excluding carboxylic acids is 4. The van der Waals surface area contributed by atoms with E-state index in [9.17, 15) is 19.2 Å². The minimum Gasteiger partial charge on any atom is -0.454 e. The lowest BCUT2D eigenvalue weighted by Gasteiger charge is -2.22. The Bertz CT molecular complexity index is 821. The van der Waals surface area contributed by atoms with Crippen LogP contribution in [0.25, 0.3) is 0 Å². The topological polar surface area (TPSA) is 105 Å². The Morgan fingerprint density at radius 1 is 1.24 bits per heavy atom. The molecule has 8 heteroatoms. The minimum absolute atomic E-state index is 0.381. The Labute approximate surface area is 171 Å². The Balaban J connectivity index is 1.87. The number of nitrogens with zero attached hydrogens (tertiary/aromatic N) is 1. The fraction of sp³-hybridized carbons (Fsp3) is 0.524. The van der Waals surface area contributed by atoms with E-state index in [0.29, 0.717) is 18.0 Å². The highest BCUT2D eigenvalue weighted by atomic mass is 16.5. The summed E-state index contributed by atoms with van der Waals surface area (Å²) in [5.74, 6) is -1.39. The van der Waals surface area contributed by atoms with Crippen molar-refractivity contribution in [2.45, 2.75) is 53.0 Å². The minimum atomic E-state index is -1.03. The SMILES string of the molecule is Cc1ccc(C)c(NC(=O)COC(=O)CN2C(=O)N[C@@](C)(CCC(C)C)C2=O)c1. The molecule has 0 aliphatic carbocycles. The number of aryl methyl sites for hydroxylation is 2. The molecular formula is C21H29N3O5. The molecule has 0 bridgehead atoms. The van der Waals surface area contributed by atoms with E-state index in [2.05, 4.69) is 10.6 Å². The molecule has 1 saturated heterocycles. The van der Waals surface area contributed by atoms with Crippen LogP contribution in [-0.4, -0.2) is 47.4 Å². The summed E-state index contributed by atoms with van der Waals surface area (Å²) in [6, 6.07) is 5.00. The van der Waals surface area contributed by atoms with Crippen LogP contribution in [0.3, 0.4) is 0 Å². The van der Waals surface area contributed by atoms with E-state index in [1.807, 2.05) is 45.9 Å². The summed E-state index contributed by atoms with van der Waals surface area (Å²) < 4.78 is 4.95. The molecule has 1 aliphatic rings. The van der Waals surface area contributed by atoms with Gasteiger partial charge in [0.15, 0.2) is 6.61 Å². The Kier molecular flexibility index (Phi) is 7.00. The standard InChI is InChI=1S/C21H29N3O5/c1-13(2)8-9-21(5)19(27)24(20(28)23-21)11-18(26)29-12-17(25)22-16-10-14(3)6-7-15(16)4/h6-7,10,13H,8-9,11-12H2,1-5H3,(H,22,25)(H,23,28)/t21-/m0/s1. The van der Waals surface area contributed by atoms with Gasteiger partial charge < -0.3 is 15.4 Å². The highest BCUT2D eigenvalue weighted by Gasteiger charge is 2.48. The molecule has 0 aromatic heterocycles. The van der Waals surface area contributed by atoms with Crippen molar-refractivity contribution in [3.05, 3.63) is 29.3 Å². The van der Waals surface area contributed by atoms with Gasteiger partial charge in [-0.1, -0.05) is 26.0 Å². The average molecular weight is 403 g/mol. The average Bonchev–Trinajstić information content (AvgIpc) is 2.85. The third-order valence-electron chi connectivity index (χ3n) is 4.89. The number of imide groups is 1. The van der Waals surface area contributed by atoms with Gasteiger partial charge >= 0.3 is 12.0 Å². The number of nitrogens with one attached hydrogen (secondary N) is 2. The lowest BCUT2D eigenvalue weighted by atomic mass is 9.92. The first-order valence-corrected chi connectivity index (χ1v) is 9.68. The maximum atomic E-state index is 12.6. The van der Waals surface area contributed by atoms with Crippen LogP contribution in [-0.2, 0) is 19.1 Å². The van der Waals surface area contributed by atoms with E-state index in [1.54, 1.807) is 6.92 Å². The number of esters is 1. The monoisotopic (exact) mass is 403 g/mol. The molecule has 1 aromatic rings. The van der Waals surface area contributed by atoms with Crippen LogP contribution in [0.5, 0.6) is 0 Å². The molecule has 0 radical (unpaired) electrons. The van der Waals surface area contributed by atoms with Crippen LogP contribution in [0.15, 0.2) is 18.2 Å². The normalized spacial score (nSPS) is 18.8. The molecule has 2 rings (SSSR count). The van der Waals surface area contributed by atoms with E-state index in [-0.39, 0.29) is 0 Å². The van der Waals surface area contributed by atoms with Crippen LogP contribution in [0.4, 0.5) is 10.5 Å². The molecule has 2 N–H and O–H groups in total. The van der Waals surface area contributed by atoms with Crippen molar-refractivity contribution in [3.8, 4) is 0 Å². The molecule has 0 saturated carbocycles. The summed E-state index contributed by atoms with van der Waals surface area (Å²) in [7, 11) is 0. The summed E-state index contributed by atoms with van der Waals surface area (Å²) in [6.45, 7) is 8.45. The van der Waals surface area contributed by atoms with Crippen molar-refractivity contribution in [1.82, 2.24) is 10.2 Å². The number of hydrogen-bond acceptors (Lipinski definition) is 5. The van der Waals surface area contributed by atoms with Gasteiger partial charge in [-0.15, -0.1) is 0 Å². The number of ether oxygens (including phenoxy) is 1.